The van der Waals surface area contributed by atoms with Gasteiger partial charge in [0.05, 0.1) is 0 Å². The van der Waals surface area contributed by atoms with Gasteiger partial charge in [-0.3, -0.25) is 0 Å². The number of ether oxygens (including phenoxy) is 4. The van der Waals surface area contributed by atoms with E-state index in [1.165, 1.54) is 0 Å². The SMILES string of the molecule is COc1cccc(OC)c1[Te+](O)c1c(OC)cccc1OC. The molecule has 0 bridgehead atoms. The van der Waals surface area contributed by atoms with Crippen molar-refractivity contribution in [2.45, 2.75) is 0 Å². The van der Waals surface area contributed by atoms with Crippen molar-refractivity contribution in [2.75, 3.05) is 28.4 Å². The molecule has 0 spiro atoms. The Morgan fingerprint density at radius 2 is 0.909 bits per heavy atom. The second-order valence-corrected chi connectivity index (χ2v) is 8.22. The van der Waals surface area contributed by atoms with E-state index in [9.17, 15) is 3.47 Å². The fourth-order valence-electron chi connectivity index (χ4n) is 2.12. The predicted octanol–water partition coefficient (Wildman–Crippen LogP) is 0.819. The Balaban J connectivity index is 2.65. The Labute approximate surface area is 137 Å². The summed E-state index contributed by atoms with van der Waals surface area (Å²) in [5.74, 6) is 2.41. The molecule has 0 aromatic heterocycles. The molecule has 5 nitrogen and oxygen atoms in total. The summed E-state index contributed by atoms with van der Waals surface area (Å²) >= 11 is -3.01. The first-order valence-electron chi connectivity index (χ1n) is 6.53. The van der Waals surface area contributed by atoms with E-state index >= 15 is 0 Å². The van der Waals surface area contributed by atoms with Gasteiger partial charge in [-0.1, -0.05) is 0 Å². The number of benzene rings is 2. The zero-order valence-electron chi connectivity index (χ0n) is 13.0. The average molecular weight is 419 g/mol. The molecule has 0 unspecified atom stereocenters. The predicted molar refractivity (Wildman–Crippen MR) is 86.3 cm³/mol. The zero-order valence-corrected chi connectivity index (χ0v) is 15.3. The normalized spacial score (nSPS) is 10.5. The molecule has 2 rings (SSSR count). The first-order valence-corrected chi connectivity index (χ1v) is 9.90. The van der Waals surface area contributed by atoms with E-state index < -0.39 is 20.0 Å². The Morgan fingerprint density at radius 1 is 0.636 bits per heavy atom. The van der Waals surface area contributed by atoms with Gasteiger partial charge in [0.25, 0.3) is 0 Å². The minimum absolute atomic E-state index is 0.603. The molecule has 0 heterocycles. The summed E-state index contributed by atoms with van der Waals surface area (Å²) in [4.78, 5) is 0. The summed E-state index contributed by atoms with van der Waals surface area (Å²) in [6, 6.07) is 10.9. The van der Waals surface area contributed by atoms with Gasteiger partial charge in [0.2, 0.25) is 0 Å². The van der Waals surface area contributed by atoms with Crippen LogP contribution in [0.3, 0.4) is 0 Å². The molecule has 1 N–H and O–H groups in total. The first kappa shape index (κ1) is 16.8. The molecule has 0 fully saturated rings. The number of rotatable bonds is 6. The van der Waals surface area contributed by atoms with Crippen LogP contribution in [-0.4, -0.2) is 51.9 Å². The summed E-state index contributed by atoms with van der Waals surface area (Å²) in [7, 11) is 6.29. The second-order valence-electron chi connectivity index (χ2n) is 4.27. The first-order chi connectivity index (χ1) is 10.7. The van der Waals surface area contributed by atoms with E-state index in [0.717, 1.165) is 0 Å². The van der Waals surface area contributed by atoms with E-state index in [1.807, 2.05) is 36.4 Å². The van der Waals surface area contributed by atoms with Gasteiger partial charge in [-0.2, -0.15) is 0 Å². The quantitative estimate of drug-likeness (QED) is 0.704. The molecule has 2 aromatic rings. The third-order valence-electron chi connectivity index (χ3n) is 3.15. The van der Waals surface area contributed by atoms with Crippen molar-refractivity contribution in [3.63, 3.8) is 0 Å². The van der Waals surface area contributed by atoms with Gasteiger partial charge in [0.1, 0.15) is 0 Å². The molecule has 0 amide bonds. The number of methoxy groups -OCH3 is 4. The van der Waals surface area contributed by atoms with E-state index in [2.05, 4.69) is 0 Å². The van der Waals surface area contributed by atoms with Crippen molar-refractivity contribution in [1.29, 1.82) is 0 Å². The Hall–Kier alpha value is -1.61. The van der Waals surface area contributed by atoms with Crippen LogP contribution in [-0.2, 0) is 0 Å². The van der Waals surface area contributed by atoms with Crippen LogP contribution in [0.4, 0.5) is 0 Å². The van der Waals surface area contributed by atoms with Gasteiger partial charge >= 0.3 is 137 Å². The van der Waals surface area contributed by atoms with Crippen LogP contribution in [0.15, 0.2) is 36.4 Å². The molecule has 22 heavy (non-hydrogen) atoms. The van der Waals surface area contributed by atoms with Crippen molar-refractivity contribution in [3.05, 3.63) is 36.4 Å². The summed E-state index contributed by atoms with van der Waals surface area (Å²) < 4.78 is 34.1. The Morgan fingerprint density at radius 3 is 1.14 bits per heavy atom. The van der Waals surface area contributed by atoms with Crippen LogP contribution in [0.2, 0.25) is 0 Å². The summed E-state index contributed by atoms with van der Waals surface area (Å²) in [6.45, 7) is 0. The van der Waals surface area contributed by atoms with Gasteiger partial charge in [0, 0.05) is 0 Å². The van der Waals surface area contributed by atoms with E-state index in [1.54, 1.807) is 28.4 Å². The van der Waals surface area contributed by atoms with Gasteiger partial charge < -0.3 is 0 Å². The van der Waals surface area contributed by atoms with Crippen LogP contribution < -0.4 is 26.2 Å². The zero-order chi connectivity index (χ0) is 16.1. The molecule has 0 atom stereocenters. The van der Waals surface area contributed by atoms with Crippen LogP contribution in [0.25, 0.3) is 0 Å². The Kier molecular flexibility index (Phi) is 5.78. The van der Waals surface area contributed by atoms with Gasteiger partial charge in [0.15, 0.2) is 0 Å². The van der Waals surface area contributed by atoms with E-state index in [-0.39, 0.29) is 0 Å². The molecular formula is C16H19O5Te+. The Bertz CT molecular complexity index is 544. The molecular weight excluding hydrogens is 400 g/mol. The van der Waals surface area contributed by atoms with Crippen LogP contribution in [0.1, 0.15) is 0 Å². The van der Waals surface area contributed by atoms with Crippen molar-refractivity contribution in [1.82, 2.24) is 0 Å². The molecule has 0 aliphatic heterocycles. The van der Waals surface area contributed by atoms with Gasteiger partial charge in [-0.15, -0.1) is 0 Å². The summed E-state index contributed by atoms with van der Waals surface area (Å²) in [6.07, 6.45) is 0. The molecule has 0 aliphatic carbocycles. The fraction of sp³-hybridized carbons (Fsp3) is 0.250. The van der Waals surface area contributed by atoms with E-state index in [4.69, 9.17) is 18.9 Å². The molecule has 2 aromatic carbocycles. The van der Waals surface area contributed by atoms with Crippen molar-refractivity contribution in [2.24, 2.45) is 0 Å². The molecule has 0 radical (unpaired) electrons. The topological polar surface area (TPSA) is 57.2 Å². The third-order valence-corrected chi connectivity index (χ3v) is 7.66. The number of hydrogen-bond acceptors (Lipinski definition) is 5. The van der Waals surface area contributed by atoms with Crippen molar-refractivity contribution in [3.8, 4) is 23.0 Å². The standard InChI is InChI=1S/C16H19O5Te/c1-18-11-7-5-8-12(19-2)15(11)22(17)16-13(20-3)9-6-10-14(16)21-4/h5-10,17H,1-4H3/q+1. The second kappa shape index (κ2) is 7.59. The van der Waals surface area contributed by atoms with Crippen LogP contribution >= 0.6 is 0 Å². The maximum atomic E-state index is 11.1. The molecule has 0 aliphatic rings. The molecule has 0 saturated carbocycles. The van der Waals surface area contributed by atoms with Crippen LogP contribution in [0.5, 0.6) is 23.0 Å². The van der Waals surface area contributed by atoms with Crippen molar-refractivity contribution < 1.29 is 22.4 Å². The van der Waals surface area contributed by atoms with Gasteiger partial charge in [-0.25, -0.2) is 0 Å². The van der Waals surface area contributed by atoms with Crippen molar-refractivity contribution >= 4 is 27.2 Å². The third kappa shape index (κ3) is 3.09. The van der Waals surface area contributed by atoms with Gasteiger partial charge in [-0.05, 0) is 0 Å². The monoisotopic (exact) mass is 421 g/mol. The minimum atomic E-state index is -3.01. The maximum absolute atomic E-state index is 11.1. The number of hydrogen-bond donors (Lipinski definition) is 1. The average Bonchev–Trinajstić information content (AvgIpc) is 2.59. The fourth-order valence-corrected chi connectivity index (χ4v) is 6.60. The molecule has 6 heteroatoms. The molecule has 0 saturated heterocycles. The molecule has 118 valence electrons. The van der Waals surface area contributed by atoms with E-state index in [0.29, 0.717) is 30.2 Å². The summed E-state index contributed by atoms with van der Waals surface area (Å²) in [5, 5.41) is 0. The summed E-state index contributed by atoms with van der Waals surface area (Å²) in [5.41, 5.74) is 0. The van der Waals surface area contributed by atoms with Crippen LogP contribution in [0, 0.1) is 0 Å².